The number of ether oxygens (including phenoxy) is 1. The van der Waals surface area contributed by atoms with Crippen LogP contribution < -0.4 is 11.1 Å². The topological polar surface area (TPSA) is 64.3 Å². The Morgan fingerprint density at radius 1 is 0.767 bits per heavy atom. The third kappa shape index (κ3) is 10.3. The molecule has 0 bridgehead atoms. The number of carbonyl (C=O) groups excluding carboxylic acids is 1. The van der Waals surface area contributed by atoms with Crippen LogP contribution in [0.5, 0.6) is 0 Å². The first kappa shape index (κ1) is 23.8. The number of hydrogen-bond donors (Lipinski definition) is 2. The molecule has 0 unspecified atom stereocenters. The highest BCUT2D eigenvalue weighted by molar-refractivity contribution is 5.84. The standard InChI is InChI=1S/C26H38N2O2/c1-2-3-4-5-6-7-8-9-10-11-20-30-26(29)28-25-18-14-23(15-19-25)21-22-12-16-24(27)17-13-22/h12-19H,2-11,20-21,27H2,1H3,(H,28,29). The van der Waals surface area contributed by atoms with Crippen LogP contribution in [0.3, 0.4) is 0 Å². The predicted molar refractivity (Wildman–Crippen MR) is 127 cm³/mol. The zero-order valence-electron chi connectivity index (χ0n) is 18.5. The molecule has 4 heteroatoms. The second-order valence-corrected chi connectivity index (χ2v) is 8.06. The van der Waals surface area contributed by atoms with Crippen molar-refractivity contribution in [2.45, 2.75) is 77.6 Å². The molecule has 0 radical (unpaired) electrons. The first-order chi connectivity index (χ1) is 14.7. The van der Waals surface area contributed by atoms with Gasteiger partial charge in [-0.2, -0.15) is 0 Å². The van der Waals surface area contributed by atoms with Crippen molar-refractivity contribution in [1.29, 1.82) is 0 Å². The van der Waals surface area contributed by atoms with Gasteiger partial charge in [-0.1, -0.05) is 89.0 Å². The molecule has 1 amide bonds. The number of benzene rings is 2. The Bertz CT molecular complexity index is 711. The lowest BCUT2D eigenvalue weighted by Crippen LogP contribution is -2.14. The predicted octanol–water partition coefficient (Wildman–Crippen LogP) is 7.33. The Morgan fingerprint density at radius 2 is 1.27 bits per heavy atom. The molecule has 0 saturated heterocycles. The van der Waals surface area contributed by atoms with E-state index in [0.717, 1.165) is 30.6 Å². The van der Waals surface area contributed by atoms with E-state index in [2.05, 4.69) is 12.2 Å². The van der Waals surface area contributed by atoms with E-state index >= 15 is 0 Å². The molecule has 164 valence electrons. The van der Waals surface area contributed by atoms with Crippen molar-refractivity contribution < 1.29 is 9.53 Å². The number of carbonyl (C=O) groups is 1. The van der Waals surface area contributed by atoms with Crippen LogP contribution >= 0.6 is 0 Å². The van der Waals surface area contributed by atoms with Crippen LogP contribution in [0.15, 0.2) is 48.5 Å². The molecular weight excluding hydrogens is 372 g/mol. The van der Waals surface area contributed by atoms with E-state index in [0.29, 0.717) is 6.61 Å². The summed E-state index contributed by atoms with van der Waals surface area (Å²) in [5.74, 6) is 0. The van der Waals surface area contributed by atoms with Crippen molar-refractivity contribution in [2.24, 2.45) is 0 Å². The van der Waals surface area contributed by atoms with Crippen LogP contribution in [-0.4, -0.2) is 12.7 Å². The minimum absolute atomic E-state index is 0.378. The van der Waals surface area contributed by atoms with Crippen molar-refractivity contribution in [2.75, 3.05) is 17.7 Å². The number of amides is 1. The molecule has 0 fully saturated rings. The lowest BCUT2D eigenvalue weighted by Gasteiger charge is -2.08. The van der Waals surface area contributed by atoms with Crippen molar-refractivity contribution in [1.82, 2.24) is 0 Å². The van der Waals surface area contributed by atoms with E-state index in [-0.39, 0.29) is 6.09 Å². The molecule has 0 aliphatic heterocycles. The maximum Gasteiger partial charge on any atom is 0.411 e. The number of nitrogens with one attached hydrogen (secondary N) is 1. The molecule has 0 atom stereocenters. The van der Waals surface area contributed by atoms with Crippen LogP contribution in [0.25, 0.3) is 0 Å². The van der Waals surface area contributed by atoms with Gasteiger partial charge in [0.25, 0.3) is 0 Å². The van der Waals surface area contributed by atoms with Gasteiger partial charge in [0, 0.05) is 11.4 Å². The van der Waals surface area contributed by atoms with Crippen molar-refractivity contribution >= 4 is 17.5 Å². The minimum Gasteiger partial charge on any atom is -0.449 e. The number of rotatable bonds is 14. The summed E-state index contributed by atoms with van der Waals surface area (Å²) in [5.41, 5.74) is 9.64. The van der Waals surface area contributed by atoms with Gasteiger partial charge in [-0.15, -0.1) is 0 Å². The molecule has 30 heavy (non-hydrogen) atoms. The summed E-state index contributed by atoms with van der Waals surface area (Å²) in [5, 5.41) is 2.80. The van der Waals surface area contributed by atoms with Gasteiger partial charge in [-0.25, -0.2) is 4.79 Å². The number of nitrogen functional groups attached to an aromatic ring is 1. The lowest BCUT2D eigenvalue weighted by molar-refractivity contribution is 0.159. The molecular formula is C26H38N2O2. The summed E-state index contributed by atoms with van der Waals surface area (Å²) < 4.78 is 5.29. The molecule has 0 heterocycles. The van der Waals surface area contributed by atoms with E-state index in [1.807, 2.05) is 48.5 Å². The lowest BCUT2D eigenvalue weighted by atomic mass is 10.0. The molecule has 2 aromatic carbocycles. The normalized spacial score (nSPS) is 10.7. The van der Waals surface area contributed by atoms with Crippen molar-refractivity contribution in [3.05, 3.63) is 59.7 Å². The first-order valence-corrected chi connectivity index (χ1v) is 11.5. The van der Waals surface area contributed by atoms with E-state index in [4.69, 9.17) is 10.5 Å². The van der Waals surface area contributed by atoms with Crippen LogP contribution in [0.4, 0.5) is 16.2 Å². The quantitative estimate of drug-likeness (QED) is 0.253. The van der Waals surface area contributed by atoms with Gasteiger partial charge in [0.2, 0.25) is 0 Å². The zero-order chi connectivity index (χ0) is 21.4. The Balaban J connectivity index is 1.53. The second kappa shape index (κ2) is 14.5. The average Bonchev–Trinajstić information content (AvgIpc) is 2.75. The second-order valence-electron chi connectivity index (χ2n) is 8.06. The van der Waals surface area contributed by atoms with E-state index in [1.54, 1.807) is 0 Å². The van der Waals surface area contributed by atoms with Gasteiger partial charge in [-0.3, -0.25) is 5.32 Å². The molecule has 0 spiro atoms. The third-order valence-electron chi connectivity index (χ3n) is 5.32. The monoisotopic (exact) mass is 410 g/mol. The van der Waals surface area contributed by atoms with Gasteiger partial charge in [-0.05, 0) is 48.2 Å². The molecule has 0 aromatic heterocycles. The molecule has 2 aromatic rings. The summed E-state index contributed by atoms with van der Waals surface area (Å²) in [6.07, 6.45) is 13.2. The highest BCUT2D eigenvalue weighted by atomic mass is 16.5. The molecule has 0 aliphatic rings. The Morgan fingerprint density at radius 3 is 1.83 bits per heavy atom. The fraction of sp³-hybridized carbons (Fsp3) is 0.500. The Kier molecular flexibility index (Phi) is 11.5. The zero-order valence-corrected chi connectivity index (χ0v) is 18.5. The molecule has 2 rings (SSSR count). The fourth-order valence-corrected chi connectivity index (χ4v) is 3.49. The SMILES string of the molecule is CCCCCCCCCCCCOC(=O)Nc1ccc(Cc2ccc(N)cc2)cc1. The Hall–Kier alpha value is -2.49. The van der Waals surface area contributed by atoms with E-state index in [1.165, 1.54) is 62.5 Å². The third-order valence-corrected chi connectivity index (χ3v) is 5.32. The maximum atomic E-state index is 11.9. The summed E-state index contributed by atoms with van der Waals surface area (Å²) in [7, 11) is 0. The van der Waals surface area contributed by atoms with E-state index < -0.39 is 0 Å². The van der Waals surface area contributed by atoms with Crippen LogP contribution in [-0.2, 0) is 11.2 Å². The Labute approximate surface area is 182 Å². The number of unbranched alkanes of at least 4 members (excludes halogenated alkanes) is 9. The largest absolute Gasteiger partial charge is 0.449 e. The summed E-state index contributed by atoms with van der Waals surface area (Å²) in [4.78, 5) is 11.9. The molecule has 0 saturated carbocycles. The van der Waals surface area contributed by atoms with Gasteiger partial charge in [0.05, 0.1) is 6.61 Å². The smallest absolute Gasteiger partial charge is 0.411 e. The van der Waals surface area contributed by atoms with Gasteiger partial charge in [0.1, 0.15) is 0 Å². The van der Waals surface area contributed by atoms with Crippen LogP contribution in [0.2, 0.25) is 0 Å². The number of anilines is 2. The molecule has 0 aliphatic carbocycles. The fourth-order valence-electron chi connectivity index (χ4n) is 3.49. The highest BCUT2D eigenvalue weighted by Crippen LogP contribution is 2.15. The summed E-state index contributed by atoms with van der Waals surface area (Å²) >= 11 is 0. The van der Waals surface area contributed by atoms with Crippen molar-refractivity contribution in [3.63, 3.8) is 0 Å². The number of hydrogen-bond acceptors (Lipinski definition) is 3. The molecule has 4 nitrogen and oxygen atoms in total. The van der Waals surface area contributed by atoms with Crippen molar-refractivity contribution in [3.8, 4) is 0 Å². The minimum atomic E-state index is -0.378. The maximum absolute atomic E-state index is 11.9. The average molecular weight is 411 g/mol. The first-order valence-electron chi connectivity index (χ1n) is 11.5. The summed E-state index contributed by atoms with van der Waals surface area (Å²) in [6.45, 7) is 2.74. The van der Waals surface area contributed by atoms with Crippen LogP contribution in [0.1, 0.15) is 82.3 Å². The van der Waals surface area contributed by atoms with Gasteiger partial charge < -0.3 is 10.5 Å². The van der Waals surface area contributed by atoms with Gasteiger partial charge >= 0.3 is 6.09 Å². The van der Waals surface area contributed by atoms with Gasteiger partial charge in [0.15, 0.2) is 0 Å². The molecule has 3 N–H and O–H groups in total. The summed E-state index contributed by atoms with van der Waals surface area (Å²) in [6, 6.07) is 15.8. The van der Waals surface area contributed by atoms with E-state index in [9.17, 15) is 4.79 Å². The highest BCUT2D eigenvalue weighted by Gasteiger charge is 2.04. The van der Waals surface area contributed by atoms with Crippen LogP contribution in [0, 0.1) is 0 Å². The number of nitrogens with two attached hydrogens (primary N) is 1.